The number of pyridine rings is 1. The first-order valence-electron chi connectivity index (χ1n) is 3.23. The summed E-state index contributed by atoms with van der Waals surface area (Å²) in [5, 5.41) is 8.66. The molecule has 1 aromatic heterocycles. The van der Waals surface area contributed by atoms with Crippen LogP contribution in [0.1, 0.15) is 10.4 Å². The number of carboxylic acids is 1. The Kier molecular flexibility index (Phi) is 2.60. The summed E-state index contributed by atoms with van der Waals surface area (Å²) in [4.78, 5) is 18.9. The van der Waals surface area contributed by atoms with Crippen LogP contribution in [0.5, 0.6) is 0 Å². The molecule has 1 rings (SSSR count). The van der Waals surface area contributed by atoms with Crippen LogP contribution in [0.15, 0.2) is 18.3 Å². The van der Waals surface area contributed by atoms with Gasteiger partial charge in [0.15, 0.2) is 5.82 Å². The molecule has 0 amide bonds. The fourth-order valence-electron chi connectivity index (χ4n) is 0.756. The number of nitrogens with zero attached hydrogens (tertiary/aromatic N) is 1. The molecule has 0 aromatic carbocycles. The number of hydrogen-bond donors (Lipinski definition) is 2. The SMILES string of the molecule is CONc1ncccc1C(=O)O. The maximum atomic E-state index is 10.6. The van der Waals surface area contributed by atoms with E-state index in [0.717, 1.165) is 0 Å². The molecule has 64 valence electrons. The minimum Gasteiger partial charge on any atom is -0.478 e. The van der Waals surface area contributed by atoms with E-state index in [4.69, 9.17) is 5.11 Å². The highest BCUT2D eigenvalue weighted by atomic mass is 16.6. The smallest absolute Gasteiger partial charge is 0.339 e. The fourth-order valence-corrected chi connectivity index (χ4v) is 0.756. The van der Waals surface area contributed by atoms with Crippen molar-refractivity contribution in [2.45, 2.75) is 0 Å². The van der Waals surface area contributed by atoms with E-state index in [1.165, 1.54) is 19.4 Å². The van der Waals surface area contributed by atoms with Crippen LogP contribution in [-0.2, 0) is 4.84 Å². The van der Waals surface area contributed by atoms with E-state index < -0.39 is 5.97 Å². The summed E-state index contributed by atoms with van der Waals surface area (Å²) in [6.45, 7) is 0. The third-order valence-electron chi connectivity index (χ3n) is 1.24. The number of carboxylic acid groups (broad SMARTS) is 1. The molecule has 0 aliphatic rings. The Morgan fingerprint density at radius 3 is 3.08 bits per heavy atom. The molecule has 0 bridgehead atoms. The van der Waals surface area contributed by atoms with E-state index in [0.29, 0.717) is 0 Å². The Morgan fingerprint density at radius 1 is 1.75 bits per heavy atom. The zero-order chi connectivity index (χ0) is 8.97. The molecule has 0 fully saturated rings. The zero-order valence-electron chi connectivity index (χ0n) is 6.44. The number of aromatic nitrogens is 1. The molecule has 0 unspecified atom stereocenters. The van der Waals surface area contributed by atoms with Crippen LogP contribution in [0.25, 0.3) is 0 Å². The maximum Gasteiger partial charge on any atom is 0.339 e. The van der Waals surface area contributed by atoms with Gasteiger partial charge in [0.2, 0.25) is 0 Å². The highest BCUT2D eigenvalue weighted by Gasteiger charge is 2.08. The van der Waals surface area contributed by atoms with Crippen molar-refractivity contribution in [1.29, 1.82) is 0 Å². The van der Waals surface area contributed by atoms with E-state index in [1.54, 1.807) is 6.07 Å². The van der Waals surface area contributed by atoms with Crippen LogP contribution >= 0.6 is 0 Å². The zero-order valence-corrected chi connectivity index (χ0v) is 6.44. The predicted octanol–water partition coefficient (Wildman–Crippen LogP) is 0.753. The first kappa shape index (κ1) is 8.48. The molecular weight excluding hydrogens is 160 g/mol. The van der Waals surface area contributed by atoms with Crippen molar-refractivity contribution in [3.63, 3.8) is 0 Å². The van der Waals surface area contributed by atoms with Crippen molar-refractivity contribution in [1.82, 2.24) is 4.98 Å². The van der Waals surface area contributed by atoms with Crippen LogP contribution in [0.3, 0.4) is 0 Å². The summed E-state index contributed by atoms with van der Waals surface area (Å²) in [5.41, 5.74) is 2.45. The van der Waals surface area contributed by atoms with Crippen LogP contribution in [0, 0.1) is 0 Å². The van der Waals surface area contributed by atoms with Crippen molar-refractivity contribution < 1.29 is 14.7 Å². The Balaban J connectivity index is 3.00. The van der Waals surface area contributed by atoms with Crippen molar-refractivity contribution in [3.05, 3.63) is 23.9 Å². The monoisotopic (exact) mass is 168 g/mol. The second-order valence-corrected chi connectivity index (χ2v) is 2.01. The van der Waals surface area contributed by atoms with Gasteiger partial charge in [-0.15, -0.1) is 0 Å². The minimum atomic E-state index is -1.04. The summed E-state index contributed by atoms with van der Waals surface area (Å²) in [6.07, 6.45) is 1.48. The summed E-state index contributed by atoms with van der Waals surface area (Å²) >= 11 is 0. The highest BCUT2D eigenvalue weighted by Crippen LogP contribution is 2.10. The average Bonchev–Trinajstić information content (AvgIpc) is 2.05. The highest BCUT2D eigenvalue weighted by molar-refractivity contribution is 5.92. The lowest BCUT2D eigenvalue weighted by molar-refractivity contribution is 0.0696. The van der Waals surface area contributed by atoms with Crippen LogP contribution < -0.4 is 5.48 Å². The summed E-state index contributed by atoms with van der Waals surface area (Å²) in [7, 11) is 1.39. The van der Waals surface area contributed by atoms with Crippen LogP contribution in [0.2, 0.25) is 0 Å². The van der Waals surface area contributed by atoms with Gasteiger partial charge < -0.3 is 5.11 Å². The summed E-state index contributed by atoms with van der Waals surface area (Å²) < 4.78 is 0. The Morgan fingerprint density at radius 2 is 2.50 bits per heavy atom. The number of aromatic carboxylic acids is 1. The number of carbonyl (C=O) groups is 1. The molecule has 0 spiro atoms. The lowest BCUT2D eigenvalue weighted by Crippen LogP contribution is -2.06. The molecule has 0 aliphatic heterocycles. The van der Waals surface area contributed by atoms with Crippen molar-refractivity contribution in [2.24, 2.45) is 0 Å². The number of anilines is 1. The maximum absolute atomic E-state index is 10.6. The molecule has 0 saturated heterocycles. The molecule has 0 saturated carbocycles. The van der Waals surface area contributed by atoms with E-state index >= 15 is 0 Å². The number of hydrogen-bond acceptors (Lipinski definition) is 4. The second kappa shape index (κ2) is 3.68. The van der Waals surface area contributed by atoms with E-state index in [-0.39, 0.29) is 11.4 Å². The van der Waals surface area contributed by atoms with E-state index in [2.05, 4.69) is 15.3 Å². The van der Waals surface area contributed by atoms with Gasteiger partial charge >= 0.3 is 5.97 Å². The van der Waals surface area contributed by atoms with Gasteiger partial charge in [-0.05, 0) is 12.1 Å². The number of rotatable bonds is 3. The minimum absolute atomic E-state index is 0.0827. The Labute approximate surface area is 69.0 Å². The largest absolute Gasteiger partial charge is 0.478 e. The Hall–Kier alpha value is -1.62. The lowest BCUT2D eigenvalue weighted by Gasteiger charge is -2.03. The van der Waals surface area contributed by atoms with Crippen LogP contribution in [0.4, 0.5) is 5.82 Å². The molecule has 2 N–H and O–H groups in total. The third kappa shape index (κ3) is 1.70. The standard InChI is InChI=1S/C7H8N2O3/c1-12-9-6-5(7(10)11)3-2-4-8-6/h2-4H,1H3,(H,8,9)(H,10,11). The first-order valence-corrected chi connectivity index (χ1v) is 3.23. The third-order valence-corrected chi connectivity index (χ3v) is 1.24. The summed E-state index contributed by atoms with van der Waals surface area (Å²) in [6, 6.07) is 2.99. The Bertz CT molecular complexity index is 288. The van der Waals surface area contributed by atoms with E-state index in [9.17, 15) is 4.79 Å². The van der Waals surface area contributed by atoms with E-state index in [1.807, 2.05) is 0 Å². The van der Waals surface area contributed by atoms with Crippen LogP contribution in [-0.4, -0.2) is 23.2 Å². The molecule has 0 atom stereocenters. The number of nitrogens with one attached hydrogen (secondary N) is 1. The molecule has 0 radical (unpaired) electrons. The normalized spacial score (nSPS) is 9.42. The predicted molar refractivity (Wildman–Crippen MR) is 41.8 cm³/mol. The topological polar surface area (TPSA) is 71.5 Å². The molecular formula is C7H8N2O3. The van der Waals surface area contributed by atoms with Gasteiger partial charge in [0.1, 0.15) is 5.56 Å². The van der Waals surface area contributed by atoms with Crippen molar-refractivity contribution in [2.75, 3.05) is 12.6 Å². The first-order chi connectivity index (χ1) is 5.75. The van der Waals surface area contributed by atoms with Gasteiger partial charge in [-0.25, -0.2) is 15.3 Å². The lowest BCUT2D eigenvalue weighted by atomic mass is 10.2. The van der Waals surface area contributed by atoms with Gasteiger partial charge in [-0.2, -0.15) is 0 Å². The molecule has 12 heavy (non-hydrogen) atoms. The quantitative estimate of drug-likeness (QED) is 0.651. The van der Waals surface area contributed by atoms with Gasteiger partial charge in [0, 0.05) is 6.20 Å². The summed E-state index contributed by atoms with van der Waals surface area (Å²) in [5.74, 6) is -0.838. The fraction of sp³-hybridized carbons (Fsp3) is 0.143. The molecule has 0 aliphatic carbocycles. The second-order valence-electron chi connectivity index (χ2n) is 2.01. The van der Waals surface area contributed by atoms with Gasteiger partial charge in [0.05, 0.1) is 7.11 Å². The van der Waals surface area contributed by atoms with Gasteiger partial charge in [0.25, 0.3) is 0 Å². The van der Waals surface area contributed by atoms with Gasteiger partial charge in [-0.3, -0.25) is 4.84 Å². The molecule has 1 aromatic rings. The molecule has 5 nitrogen and oxygen atoms in total. The van der Waals surface area contributed by atoms with Crippen molar-refractivity contribution in [3.8, 4) is 0 Å². The van der Waals surface area contributed by atoms with Crippen molar-refractivity contribution >= 4 is 11.8 Å². The van der Waals surface area contributed by atoms with Gasteiger partial charge in [-0.1, -0.05) is 0 Å². The molecule has 5 heteroatoms. The molecule has 1 heterocycles. The average molecular weight is 168 g/mol.